The second-order valence-electron chi connectivity index (χ2n) is 9.31. The van der Waals surface area contributed by atoms with Gasteiger partial charge in [0.2, 0.25) is 5.95 Å². The quantitative estimate of drug-likeness (QED) is 0.210. The van der Waals surface area contributed by atoms with Crippen molar-refractivity contribution < 1.29 is 14.2 Å². The summed E-state index contributed by atoms with van der Waals surface area (Å²) < 4.78 is 19.5. The molecule has 3 heterocycles. The minimum Gasteiger partial charge on any atom is -0.508 e. The molecule has 2 aromatic carbocycles. The van der Waals surface area contributed by atoms with Gasteiger partial charge in [-0.1, -0.05) is 18.2 Å². The molecule has 1 fully saturated rings. The van der Waals surface area contributed by atoms with Crippen LogP contribution >= 0.6 is 0 Å². The number of aromatic nitrogens is 3. The number of hydrogen-bond acceptors (Lipinski definition) is 9. The number of nitrogens with one attached hydrogen (secondary N) is 2. The highest BCUT2D eigenvalue weighted by molar-refractivity contribution is 5.78. The molecule has 0 radical (unpaired) electrons. The lowest BCUT2D eigenvalue weighted by molar-refractivity contribution is 0.122. The van der Waals surface area contributed by atoms with Gasteiger partial charge >= 0.3 is 0 Å². The number of hydrazone groups is 1. The Kier molecular flexibility index (Phi) is 8.23. The third-order valence-electron chi connectivity index (χ3n) is 6.22. The highest BCUT2D eigenvalue weighted by Gasteiger charge is 2.17. The summed E-state index contributed by atoms with van der Waals surface area (Å²) >= 11 is 0. The fourth-order valence-corrected chi connectivity index (χ4v) is 4.37. The maximum Gasteiger partial charge on any atom is 0.245 e. The summed E-state index contributed by atoms with van der Waals surface area (Å²) in [4.78, 5) is 14.5. The molecule has 0 spiro atoms. The molecular formula is C29H30FN7O2. The second kappa shape index (κ2) is 12.3. The Morgan fingerprint density at radius 2 is 1.85 bits per heavy atom. The molecule has 1 aliphatic rings. The van der Waals surface area contributed by atoms with Crippen molar-refractivity contribution in [2.45, 2.75) is 19.8 Å². The Bertz CT molecular complexity index is 1440. The molecule has 0 aliphatic carbocycles. The number of benzene rings is 2. The molecule has 4 aromatic rings. The number of aryl methyl sites for hydroxylation is 3. The normalized spacial score (nSPS) is 13.5. The Balaban J connectivity index is 1.18. The van der Waals surface area contributed by atoms with Crippen molar-refractivity contribution in [3.05, 3.63) is 95.2 Å². The smallest absolute Gasteiger partial charge is 0.245 e. The van der Waals surface area contributed by atoms with Crippen molar-refractivity contribution in [2.24, 2.45) is 5.10 Å². The summed E-state index contributed by atoms with van der Waals surface area (Å²) in [6.45, 7) is 4.29. The van der Waals surface area contributed by atoms with E-state index in [1.807, 2.05) is 29.2 Å². The van der Waals surface area contributed by atoms with Crippen LogP contribution in [-0.2, 0) is 17.6 Å². The molecule has 0 bridgehead atoms. The monoisotopic (exact) mass is 527 g/mol. The lowest BCUT2D eigenvalue weighted by Gasteiger charge is -2.27. The molecule has 1 saturated heterocycles. The summed E-state index contributed by atoms with van der Waals surface area (Å²) in [5, 5.41) is 17.3. The average molecular weight is 528 g/mol. The molecule has 200 valence electrons. The van der Waals surface area contributed by atoms with Gasteiger partial charge in [0.15, 0.2) is 11.6 Å². The minimum absolute atomic E-state index is 0.201. The van der Waals surface area contributed by atoms with E-state index in [-0.39, 0.29) is 17.5 Å². The first kappa shape index (κ1) is 26.1. The fourth-order valence-electron chi connectivity index (χ4n) is 4.37. The van der Waals surface area contributed by atoms with Gasteiger partial charge in [-0.15, -0.1) is 0 Å². The van der Waals surface area contributed by atoms with Crippen LogP contribution in [0.25, 0.3) is 0 Å². The standard InChI is InChI=1S/C29H30FN7O2/c1-20-13-22(6-5-21-3-2-4-26(38)16-21)15-25(14-20)34-24-8-7-23(31-17-24)18-33-36-29-32-19-27(30)28(35-29)37-9-11-39-12-10-37/h2-4,7-8,13-19,34,38H,5-6,9-12H2,1H3,(H,32,35,36)/b33-18+. The number of nitrogens with zero attached hydrogens (tertiary/aromatic N) is 5. The molecule has 5 rings (SSSR count). The zero-order chi connectivity index (χ0) is 27.0. The first-order chi connectivity index (χ1) is 19.0. The van der Waals surface area contributed by atoms with Crippen molar-refractivity contribution in [2.75, 3.05) is 41.9 Å². The number of morpholine rings is 1. The van der Waals surface area contributed by atoms with Crippen LogP contribution in [-0.4, -0.2) is 52.6 Å². The lowest BCUT2D eigenvalue weighted by Crippen LogP contribution is -2.37. The zero-order valence-electron chi connectivity index (χ0n) is 21.6. The van der Waals surface area contributed by atoms with E-state index < -0.39 is 5.82 Å². The number of rotatable bonds is 9. The fraction of sp³-hybridized carbons (Fsp3) is 0.241. The zero-order valence-corrected chi connectivity index (χ0v) is 21.6. The number of halogens is 1. The van der Waals surface area contributed by atoms with E-state index in [0.717, 1.165) is 41.5 Å². The first-order valence-electron chi connectivity index (χ1n) is 12.8. The Morgan fingerprint density at radius 3 is 2.64 bits per heavy atom. The van der Waals surface area contributed by atoms with E-state index in [4.69, 9.17) is 4.74 Å². The average Bonchev–Trinajstić information content (AvgIpc) is 2.94. The SMILES string of the molecule is Cc1cc(CCc2cccc(O)c2)cc(Nc2ccc(/C=N/Nc3ncc(F)c(N4CCOCC4)n3)nc2)c1. The first-order valence-corrected chi connectivity index (χ1v) is 12.8. The summed E-state index contributed by atoms with van der Waals surface area (Å²) in [5.74, 6) is 0.246. The van der Waals surface area contributed by atoms with Crippen LogP contribution < -0.4 is 15.6 Å². The van der Waals surface area contributed by atoms with Crippen LogP contribution in [0.3, 0.4) is 0 Å². The van der Waals surface area contributed by atoms with Crippen LogP contribution in [0, 0.1) is 12.7 Å². The maximum atomic E-state index is 14.2. The van der Waals surface area contributed by atoms with Crippen LogP contribution in [0.4, 0.5) is 27.5 Å². The molecule has 0 amide bonds. The van der Waals surface area contributed by atoms with Gasteiger partial charge in [0.25, 0.3) is 0 Å². The van der Waals surface area contributed by atoms with Gasteiger partial charge in [0.05, 0.1) is 43.2 Å². The maximum absolute atomic E-state index is 14.2. The van der Waals surface area contributed by atoms with Gasteiger partial charge in [0.1, 0.15) is 5.75 Å². The number of anilines is 4. The van der Waals surface area contributed by atoms with E-state index in [1.165, 1.54) is 5.56 Å². The molecule has 0 unspecified atom stereocenters. The van der Waals surface area contributed by atoms with E-state index in [1.54, 1.807) is 24.5 Å². The number of aromatic hydroxyl groups is 1. The summed E-state index contributed by atoms with van der Waals surface area (Å²) in [7, 11) is 0. The molecule has 10 heteroatoms. The molecular weight excluding hydrogens is 497 g/mol. The van der Waals surface area contributed by atoms with E-state index >= 15 is 0 Å². The van der Waals surface area contributed by atoms with Crippen LogP contribution in [0.5, 0.6) is 5.75 Å². The van der Waals surface area contributed by atoms with E-state index in [9.17, 15) is 9.50 Å². The third-order valence-corrected chi connectivity index (χ3v) is 6.22. The van der Waals surface area contributed by atoms with Crippen molar-refractivity contribution in [3.8, 4) is 5.75 Å². The van der Waals surface area contributed by atoms with Gasteiger partial charge in [-0.25, -0.2) is 14.8 Å². The van der Waals surface area contributed by atoms with Gasteiger partial charge in [-0.3, -0.25) is 4.98 Å². The van der Waals surface area contributed by atoms with Crippen LogP contribution in [0.15, 0.2) is 72.1 Å². The number of phenolic OH excluding ortho intramolecular Hbond substituents is 1. The Morgan fingerprint density at radius 1 is 1.00 bits per heavy atom. The predicted molar refractivity (Wildman–Crippen MR) is 150 cm³/mol. The Labute approximate surface area is 226 Å². The summed E-state index contributed by atoms with van der Waals surface area (Å²) in [5.41, 5.74) is 8.69. The van der Waals surface area contributed by atoms with Crippen molar-refractivity contribution in [1.29, 1.82) is 0 Å². The highest BCUT2D eigenvalue weighted by atomic mass is 19.1. The summed E-state index contributed by atoms with van der Waals surface area (Å²) in [6.07, 6.45) is 6.14. The third kappa shape index (κ3) is 7.26. The highest BCUT2D eigenvalue weighted by Crippen LogP contribution is 2.22. The number of pyridine rings is 1. The van der Waals surface area contributed by atoms with E-state index in [0.29, 0.717) is 32.0 Å². The molecule has 9 nitrogen and oxygen atoms in total. The summed E-state index contributed by atoms with van der Waals surface area (Å²) in [6, 6.07) is 17.5. The number of phenols is 1. The number of hydrogen-bond donors (Lipinski definition) is 3. The van der Waals surface area contributed by atoms with Crippen molar-refractivity contribution in [1.82, 2.24) is 15.0 Å². The molecule has 0 atom stereocenters. The van der Waals surface area contributed by atoms with Crippen LogP contribution in [0.1, 0.15) is 22.4 Å². The van der Waals surface area contributed by atoms with Crippen molar-refractivity contribution >= 4 is 29.4 Å². The van der Waals surface area contributed by atoms with E-state index in [2.05, 4.69) is 55.9 Å². The minimum atomic E-state index is -0.478. The Hall–Kier alpha value is -4.57. The largest absolute Gasteiger partial charge is 0.508 e. The molecule has 0 saturated carbocycles. The van der Waals surface area contributed by atoms with Gasteiger partial charge < -0.3 is 20.1 Å². The van der Waals surface area contributed by atoms with Gasteiger partial charge in [-0.2, -0.15) is 10.1 Å². The number of ether oxygens (including phenoxy) is 1. The molecule has 2 aromatic heterocycles. The van der Waals surface area contributed by atoms with Crippen LogP contribution in [0.2, 0.25) is 0 Å². The lowest BCUT2D eigenvalue weighted by atomic mass is 10.0. The molecule has 39 heavy (non-hydrogen) atoms. The van der Waals surface area contributed by atoms with Gasteiger partial charge in [-0.05, 0) is 72.9 Å². The topological polar surface area (TPSA) is 108 Å². The van der Waals surface area contributed by atoms with Gasteiger partial charge in [0, 0.05) is 18.8 Å². The second-order valence-corrected chi connectivity index (χ2v) is 9.31. The predicted octanol–water partition coefficient (Wildman–Crippen LogP) is 4.84. The van der Waals surface area contributed by atoms with Crippen molar-refractivity contribution in [3.63, 3.8) is 0 Å². The molecule has 3 N–H and O–H groups in total. The molecule has 1 aliphatic heterocycles.